The molecule has 4 aliphatic carbocycles. The van der Waals surface area contributed by atoms with Crippen LogP contribution in [0.25, 0.3) is 0 Å². The molecule has 6 rings (SSSR count). The Hall–Kier alpha value is -1.17. The van der Waals surface area contributed by atoms with Gasteiger partial charge in [-0.25, -0.2) is 0 Å². The lowest BCUT2D eigenvalue weighted by molar-refractivity contribution is -0.134. The highest BCUT2D eigenvalue weighted by Crippen LogP contribution is 2.61. The Morgan fingerprint density at radius 2 is 1.74 bits per heavy atom. The second kappa shape index (κ2) is 9.29. The van der Waals surface area contributed by atoms with Crippen molar-refractivity contribution in [2.45, 2.75) is 57.9 Å². The molecule has 1 heterocycles. The number of hydrogen-bond acceptors (Lipinski definition) is 4. The van der Waals surface area contributed by atoms with E-state index in [1.165, 1.54) is 8.61 Å². The zero-order valence-electron chi connectivity index (χ0n) is 19.8. The fourth-order valence-electron chi connectivity index (χ4n) is 7.49. The maximum absolute atomic E-state index is 13.5. The summed E-state index contributed by atoms with van der Waals surface area (Å²) in [4.78, 5) is 24.8. The summed E-state index contributed by atoms with van der Waals surface area (Å²) < 4.78 is 31.1. The van der Waals surface area contributed by atoms with Crippen LogP contribution in [0, 0.1) is 30.1 Å². The van der Waals surface area contributed by atoms with E-state index in [1.54, 1.807) is 0 Å². The maximum atomic E-state index is 13.5. The van der Waals surface area contributed by atoms with E-state index in [9.17, 15) is 18.0 Å². The number of carbonyl (C=O) groups excluding carboxylic acids is 2. The molecule has 11 heteroatoms. The van der Waals surface area contributed by atoms with Gasteiger partial charge in [0.2, 0.25) is 11.8 Å². The lowest BCUT2D eigenvalue weighted by Gasteiger charge is -2.60. The summed E-state index contributed by atoms with van der Waals surface area (Å²) in [5.41, 5.74) is 7.12. The maximum Gasteiger partial charge on any atom is 0.304 e. The van der Waals surface area contributed by atoms with Crippen molar-refractivity contribution in [3.63, 3.8) is 0 Å². The molecule has 2 unspecified atom stereocenters. The van der Waals surface area contributed by atoms with E-state index in [4.69, 9.17) is 5.73 Å². The van der Waals surface area contributed by atoms with E-state index in [0.29, 0.717) is 58.3 Å². The fraction of sp³-hybridized carbons (Fsp3) is 0.667. The molecular weight excluding hydrogens is 600 g/mol. The highest BCUT2D eigenvalue weighted by atomic mass is 79.9. The molecule has 4 bridgehead atoms. The highest BCUT2D eigenvalue weighted by Gasteiger charge is 2.56. The zero-order valence-corrected chi connectivity index (χ0v) is 23.8. The summed E-state index contributed by atoms with van der Waals surface area (Å²) in [6.45, 7) is 2.43. The number of nitrogens with one attached hydrogen (secondary N) is 1. The molecule has 35 heavy (non-hydrogen) atoms. The molecule has 0 radical (unpaired) electrons. The number of hydrogen-bond donors (Lipinski definition) is 2. The van der Waals surface area contributed by atoms with E-state index in [1.807, 2.05) is 19.1 Å². The van der Waals surface area contributed by atoms with E-state index >= 15 is 0 Å². The predicted octanol–water partition coefficient (Wildman–Crippen LogP) is 3.46. The average Bonchev–Trinajstić information content (AvgIpc) is 2.71. The third-order valence-electron chi connectivity index (χ3n) is 8.38. The number of nitrogens with zero attached hydrogens (tertiary/aromatic N) is 2. The standard InChI is InChI=1S/C24H32Br2N4O4S/c1-14-5-18(25)23(19(26)6-14)30-4-2-3-29(35(30,33)34)13-21(32)28-22-16-7-15-8-17(22)11-24(9-15,10-16)12-20(27)31/h5-6,15-17,22H,2-4,7-13H2,1H3,(H2,27,31)(H,28,32). The number of amides is 2. The Morgan fingerprint density at radius 3 is 2.34 bits per heavy atom. The first-order valence-electron chi connectivity index (χ1n) is 12.3. The van der Waals surface area contributed by atoms with Crippen LogP contribution in [-0.2, 0) is 19.8 Å². The van der Waals surface area contributed by atoms with Gasteiger partial charge in [-0.05, 0) is 118 Å². The first kappa shape index (κ1) is 25.5. The van der Waals surface area contributed by atoms with Crippen LogP contribution in [0.4, 0.5) is 5.69 Å². The number of aryl methyl sites for hydroxylation is 1. The van der Waals surface area contributed by atoms with Gasteiger partial charge in [0, 0.05) is 34.5 Å². The van der Waals surface area contributed by atoms with Crippen molar-refractivity contribution in [1.82, 2.24) is 9.62 Å². The lowest BCUT2D eigenvalue weighted by atomic mass is 9.47. The van der Waals surface area contributed by atoms with Crippen LogP contribution in [0.2, 0.25) is 0 Å². The van der Waals surface area contributed by atoms with Crippen LogP contribution in [0.5, 0.6) is 0 Å². The second-order valence-electron chi connectivity index (χ2n) is 11.1. The molecule has 1 aromatic carbocycles. The van der Waals surface area contributed by atoms with Crippen molar-refractivity contribution in [2.24, 2.45) is 28.9 Å². The van der Waals surface area contributed by atoms with E-state index in [2.05, 4.69) is 37.2 Å². The minimum atomic E-state index is -3.86. The Bertz CT molecular complexity index is 1120. The van der Waals surface area contributed by atoms with E-state index < -0.39 is 10.2 Å². The van der Waals surface area contributed by atoms with Crippen molar-refractivity contribution in [3.05, 3.63) is 26.6 Å². The number of benzene rings is 1. The van der Waals surface area contributed by atoms with Crippen LogP contribution in [0.3, 0.4) is 0 Å². The van der Waals surface area contributed by atoms with Crippen LogP contribution < -0.4 is 15.4 Å². The van der Waals surface area contributed by atoms with Crippen LogP contribution >= 0.6 is 31.9 Å². The molecule has 0 spiro atoms. The monoisotopic (exact) mass is 630 g/mol. The van der Waals surface area contributed by atoms with Gasteiger partial charge < -0.3 is 11.1 Å². The minimum absolute atomic E-state index is 0.00488. The normalized spacial score (nSPS) is 33.6. The predicted molar refractivity (Wildman–Crippen MR) is 141 cm³/mol. The molecule has 192 valence electrons. The number of carbonyl (C=O) groups is 2. The van der Waals surface area contributed by atoms with Crippen molar-refractivity contribution >= 4 is 59.6 Å². The second-order valence-corrected chi connectivity index (χ2v) is 14.6. The SMILES string of the molecule is Cc1cc(Br)c(N2CCCN(CC(=O)NC3C4CC5CC3CC(CC(N)=O)(C5)C4)S2(=O)=O)c(Br)c1. The minimum Gasteiger partial charge on any atom is -0.370 e. The van der Waals surface area contributed by atoms with Gasteiger partial charge in [-0.1, -0.05) is 0 Å². The molecule has 5 aliphatic rings. The Morgan fingerprint density at radius 1 is 1.11 bits per heavy atom. The lowest BCUT2D eigenvalue weighted by Crippen LogP contribution is -2.61. The molecule has 5 fully saturated rings. The molecule has 2 amide bonds. The molecule has 0 aromatic heterocycles. The molecule has 1 aliphatic heterocycles. The third-order valence-corrected chi connectivity index (χ3v) is 11.5. The smallest absolute Gasteiger partial charge is 0.304 e. The number of primary amides is 1. The van der Waals surface area contributed by atoms with Gasteiger partial charge in [0.25, 0.3) is 0 Å². The summed E-state index contributed by atoms with van der Waals surface area (Å²) in [6.07, 6.45) is 6.09. The number of anilines is 1. The van der Waals surface area contributed by atoms with Gasteiger partial charge in [0.15, 0.2) is 0 Å². The van der Waals surface area contributed by atoms with Gasteiger partial charge in [-0.2, -0.15) is 12.7 Å². The van der Waals surface area contributed by atoms with Crippen molar-refractivity contribution < 1.29 is 18.0 Å². The van der Waals surface area contributed by atoms with Crippen molar-refractivity contribution in [2.75, 3.05) is 23.9 Å². The quantitative estimate of drug-likeness (QED) is 0.501. The fourth-order valence-corrected chi connectivity index (χ4v) is 11.3. The summed E-state index contributed by atoms with van der Waals surface area (Å²) in [5.74, 6) is 0.775. The third kappa shape index (κ3) is 4.78. The van der Waals surface area contributed by atoms with Gasteiger partial charge in [0.1, 0.15) is 0 Å². The summed E-state index contributed by atoms with van der Waals surface area (Å²) in [5, 5.41) is 3.20. The number of nitrogens with two attached hydrogens (primary N) is 1. The Balaban J connectivity index is 1.28. The van der Waals surface area contributed by atoms with Crippen LogP contribution in [0.1, 0.15) is 50.5 Å². The zero-order chi connectivity index (χ0) is 25.1. The van der Waals surface area contributed by atoms with Crippen LogP contribution in [-0.4, -0.2) is 50.2 Å². The topological polar surface area (TPSA) is 113 Å². The first-order chi connectivity index (χ1) is 16.5. The first-order valence-corrected chi connectivity index (χ1v) is 15.3. The number of rotatable bonds is 6. The molecular formula is C24H32Br2N4O4S. The molecule has 1 aromatic rings. The van der Waals surface area contributed by atoms with Gasteiger partial charge in [-0.15, -0.1) is 0 Å². The molecule has 3 N–H and O–H groups in total. The highest BCUT2D eigenvalue weighted by molar-refractivity contribution is 9.11. The van der Waals surface area contributed by atoms with E-state index in [-0.39, 0.29) is 29.8 Å². The van der Waals surface area contributed by atoms with Gasteiger partial charge in [0.05, 0.1) is 12.2 Å². The Labute approximate surface area is 223 Å². The molecule has 2 atom stereocenters. The van der Waals surface area contributed by atoms with Crippen LogP contribution in [0.15, 0.2) is 21.1 Å². The summed E-state index contributed by atoms with van der Waals surface area (Å²) in [6, 6.07) is 3.82. The molecule has 1 saturated heterocycles. The average molecular weight is 632 g/mol. The molecule has 4 saturated carbocycles. The Kier molecular flexibility index (Phi) is 6.76. The van der Waals surface area contributed by atoms with Crippen molar-refractivity contribution in [1.29, 1.82) is 0 Å². The number of halogens is 2. The van der Waals surface area contributed by atoms with E-state index in [0.717, 1.165) is 37.7 Å². The molecule has 8 nitrogen and oxygen atoms in total. The largest absolute Gasteiger partial charge is 0.370 e. The van der Waals surface area contributed by atoms with Gasteiger partial charge in [-0.3, -0.25) is 13.9 Å². The van der Waals surface area contributed by atoms with Crippen molar-refractivity contribution in [3.8, 4) is 0 Å². The summed E-state index contributed by atoms with van der Waals surface area (Å²) in [7, 11) is -3.86. The van der Waals surface area contributed by atoms with Gasteiger partial charge >= 0.3 is 10.2 Å². The summed E-state index contributed by atoms with van der Waals surface area (Å²) >= 11 is 7.03.